The van der Waals surface area contributed by atoms with Crippen LogP contribution in [0.3, 0.4) is 0 Å². The summed E-state index contributed by atoms with van der Waals surface area (Å²) in [6.07, 6.45) is 0.473. The summed E-state index contributed by atoms with van der Waals surface area (Å²) in [5, 5.41) is 8.75. The third kappa shape index (κ3) is 7.25. The zero-order valence-electron chi connectivity index (χ0n) is 9.36. The van der Waals surface area contributed by atoms with Gasteiger partial charge >= 0.3 is 11.9 Å². The summed E-state index contributed by atoms with van der Waals surface area (Å²) in [6, 6.07) is 0. The average molecular weight is 234 g/mol. The van der Waals surface area contributed by atoms with Crippen LogP contribution in [0.5, 0.6) is 0 Å². The molecule has 0 aromatic rings. The SMILES string of the molecule is CCC(CSCC(=O)OC(C)C)C(=O)O. The second kappa shape index (κ2) is 7.56. The zero-order chi connectivity index (χ0) is 11.8. The van der Waals surface area contributed by atoms with Gasteiger partial charge in [-0.2, -0.15) is 0 Å². The minimum atomic E-state index is -0.803. The second-order valence-electron chi connectivity index (χ2n) is 3.50. The highest BCUT2D eigenvalue weighted by Crippen LogP contribution is 2.12. The molecule has 0 saturated carbocycles. The molecule has 4 nitrogen and oxygen atoms in total. The first kappa shape index (κ1) is 14.3. The van der Waals surface area contributed by atoms with Crippen molar-refractivity contribution in [1.29, 1.82) is 0 Å². The Morgan fingerprint density at radius 3 is 2.40 bits per heavy atom. The molecule has 0 fully saturated rings. The number of carbonyl (C=O) groups is 2. The normalized spacial score (nSPS) is 12.5. The molecule has 0 bridgehead atoms. The van der Waals surface area contributed by atoms with E-state index in [2.05, 4.69) is 0 Å². The van der Waals surface area contributed by atoms with Gasteiger partial charge in [-0.3, -0.25) is 9.59 Å². The van der Waals surface area contributed by atoms with Gasteiger partial charge in [-0.05, 0) is 20.3 Å². The van der Waals surface area contributed by atoms with Crippen molar-refractivity contribution in [2.24, 2.45) is 5.92 Å². The Labute approximate surface area is 94.4 Å². The molecular weight excluding hydrogens is 216 g/mol. The first-order valence-electron chi connectivity index (χ1n) is 4.97. The second-order valence-corrected chi connectivity index (χ2v) is 4.53. The molecule has 1 unspecified atom stereocenters. The Bertz CT molecular complexity index is 215. The van der Waals surface area contributed by atoms with E-state index in [0.717, 1.165) is 0 Å². The van der Waals surface area contributed by atoms with Crippen molar-refractivity contribution in [3.63, 3.8) is 0 Å². The van der Waals surface area contributed by atoms with Crippen LogP contribution >= 0.6 is 11.8 Å². The van der Waals surface area contributed by atoms with Gasteiger partial charge in [0.25, 0.3) is 0 Å². The van der Waals surface area contributed by atoms with Crippen LogP contribution in [-0.2, 0) is 14.3 Å². The lowest BCUT2D eigenvalue weighted by molar-refractivity contribution is -0.144. The summed E-state index contributed by atoms with van der Waals surface area (Å²) < 4.78 is 4.92. The fourth-order valence-electron chi connectivity index (χ4n) is 0.945. The molecule has 0 amide bonds. The molecule has 0 aliphatic carbocycles. The van der Waals surface area contributed by atoms with Gasteiger partial charge in [0.15, 0.2) is 0 Å². The van der Waals surface area contributed by atoms with E-state index >= 15 is 0 Å². The highest BCUT2D eigenvalue weighted by molar-refractivity contribution is 7.99. The largest absolute Gasteiger partial charge is 0.481 e. The highest BCUT2D eigenvalue weighted by Gasteiger charge is 2.15. The summed E-state index contributed by atoms with van der Waals surface area (Å²) in [5.41, 5.74) is 0. The lowest BCUT2D eigenvalue weighted by Gasteiger charge is -2.10. The molecule has 0 aromatic heterocycles. The van der Waals surface area contributed by atoms with Crippen LogP contribution in [0.25, 0.3) is 0 Å². The minimum absolute atomic E-state index is 0.112. The van der Waals surface area contributed by atoms with Crippen LogP contribution in [-0.4, -0.2) is 34.7 Å². The first-order chi connectivity index (χ1) is 6.97. The molecule has 1 atom stereocenters. The van der Waals surface area contributed by atoms with Crippen molar-refractivity contribution in [2.45, 2.75) is 33.3 Å². The number of carboxylic acid groups (broad SMARTS) is 1. The van der Waals surface area contributed by atoms with Gasteiger partial charge in [-0.15, -0.1) is 11.8 Å². The Balaban J connectivity index is 3.68. The van der Waals surface area contributed by atoms with Gasteiger partial charge in [0, 0.05) is 5.75 Å². The number of carbonyl (C=O) groups excluding carboxylic acids is 1. The third-order valence-electron chi connectivity index (χ3n) is 1.75. The van der Waals surface area contributed by atoms with Crippen LogP contribution in [0.1, 0.15) is 27.2 Å². The van der Waals surface area contributed by atoms with Crippen molar-refractivity contribution >= 4 is 23.7 Å². The lowest BCUT2D eigenvalue weighted by atomic mass is 10.1. The molecule has 88 valence electrons. The first-order valence-corrected chi connectivity index (χ1v) is 6.12. The van der Waals surface area contributed by atoms with Gasteiger partial charge < -0.3 is 9.84 Å². The van der Waals surface area contributed by atoms with Gasteiger partial charge in [0.05, 0.1) is 17.8 Å². The number of ether oxygens (including phenoxy) is 1. The van der Waals surface area contributed by atoms with Crippen LogP contribution in [0.4, 0.5) is 0 Å². The van der Waals surface area contributed by atoms with E-state index in [0.29, 0.717) is 12.2 Å². The van der Waals surface area contributed by atoms with Crippen molar-refractivity contribution in [2.75, 3.05) is 11.5 Å². The average Bonchev–Trinajstić information content (AvgIpc) is 2.10. The van der Waals surface area contributed by atoms with E-state index in [-0.39, 0.29) is 23.7 Å². The van der Waals surface area contributed by atoms with Crippen LogP contribution in [0, 0.1) is 5.92 Å². The van der Waals surface area contributed by atoms with Gasteiger partial charge in [0.1, 0.15) is 0 Å². The van der Waals surface area contributed by atoms with E-state index in [1.54, 1.807) is 13.8 Å². The molecule has 0 spiro atoms. The number of hydrogen-bond donors (Lipinski definition) is 1. The fraction of sp³-hybridized carbons (Fsp3) is 0.800. The van der Waals surface area contributed by atoms with Gasteiger partial charge in [0.2, 0.25) is 0 Å². The summed E-state index contributed by atoms with van der Waals surface area (Å²) >= 11 is 1.31. The molecule has 15 heavy (non-hydrogen) atoms. The van der Waals surface area contributed by atoms with Crippen LogP contribution in [0.15, 0.2) is 0 Å². The summed E-state index contributed by atoms with van der Waals surface area (Å²) in [7, 11) is 0. The van der Waals surface area contributed by atoms with E-state index in [1.165, 1.54) is 11.8 Å². The maximum atomic E-state index is 11.1. The standard InChI is InChI=1S/C10H18O4S/c1-4-8(10(12)13)5-15-6-9(11)14-7(2)3/h7-8H,4-6H2,1-3H3,(H,12,13). The quantitative estimate of drug-likeness (QED) is 0.680. The summed E-state index contributed by atoms with van der Waals surface area (Å²) in [4.78, 5) is 21.8. The maximum absolute atomic E-state index is 11.1. The number of thioether (sulfide) groups is 1. The molecule has 0 radical (unpaired) electrons. The van der Waals surface area contributed by atoms with Crippen molar-refractivity contribution in [3.8, 4) is 0 Å². The molecular formula is C10H18O4S. The predicted molar refractivity (Wildman–Crippen MR) is 60.0 cm³/mol. The summed E-state index contributed by atoms with van der Waals surface area (Å²) in [6.45, 7) is 5.40. The number of hydrogen-bond acceptors (Lipinski definition) is 4. The van der Waals surface area contributed by atoms with Gasteiger partial charge in [-0.1, -0.05) is 6.92 Å². The summed E-state index contributed by atoms with van der Waals surface area (Å²) in [5.74, 6) is -0.777. The number of aliphatic carboxylic acids is 1. The Kier molecular flexibility index (Phi) is 7.21. The molecule has 0 aromatic carbocycles. The molecule has 1 N–H and O–H groups in total. The molecule has 5 heteroatoms. The van der Waals surface area contributed by atoms with Gasteiger partial charge in [-0.25, -0.2) is 0 Å². The van der Waals surface area contributed by atoms with Crippen molar-refractivity contribution in [3.05, 3.63) is 0 Å². The Morgan fingerprint density at radius 2 is 2.00 bits per heavy atom. The Morgan fingerprint density at radius 1 is 1.40 bits per heavy atom. The van der Waals surface area contributed by atoms with E-state index in [9.17, 15) is 9.59 Å². The Hall–Kier alpha value is -0.710. The third-order valence-corrected chi connectivity index (χ3v) is 2.83. The molecule has 0 aliphatic heterocycles. The zero-order valence-corrected chi connectivity index (χ0v) is 10.2. The highest BCUT2D eigenvalue weighted by atomic mass is 32.2. The molecule has 0 heterocycles. The predicted octanol–water partition coefficient (Wildman–Crippen LogP) is 1.78. The smallest absolute Gasteiger partial charge is 0.316 e. The number of carboxylic acids is 1. The monoisotopic (exact) mass is 234 g/mol. The van der Waals surface area contributed by atoms with E-state index in [4.69, 9.17) is 9.84 Å². The minimum Gasteiger partial charge on any atom is -0.481 e. The van der Waals surface area contributed by atoms with Crippen molar-refractivity contribution < 1.29 is 19.4 Å². The van der Waals surface area contributed by atoms with Crippen LogP contribution < -0.4 is 0 Å². The fourth-order valence-corrected chi connectivity index (χ4v) is 1.96. The lowest BCUT2D eigenvalue weighted by Crippen LogP contribution is -2.18. The van der Waals surface area contributed by atoms with E-state index < -0.39 is 5.97 Å². The van der Waals surface area contributed by atoms with E-state index in [1.807, 2.05) is 6.92 Å². The molecule has 0 aliphatic rings. The number of esters is 1. The maximum Gasteiger partial charge on any atom is 0.316 e. The number of rotatable bonds is 7. The molecule has 0 rings (SSSR count). The van der Waals surface area contributed by atoms with Crippen LogP contribution in [0.2, 0.25) is 0 Å². The topological polar surface area (TPSA) is 63.6 Å². The van der Waals surface area contributed by atoms with Crippen molar-refractivity contribution in [1.82, 2.24) is 0 Å². The molecule has 0 saturated heterocycles.